The largest absolute Gasteiger partial charge is 0.390 e. The lowest BCUT2D eigenvalue weighted by Gasteiger charge is -2.42. The highest BCUT2D eigenvalue weighted by atomic mass is 32.2. The number of hydrogen-bond donors (Lipinski definition) is 2. The summed E-state index contributed by atoms with van der Waals surface area (Å²) in [5, 5.41) is 25.7. The van der Waals surface area contributed by atoms with Gasteiger partial charge in [0.1, 0.15) is 5.69 Å². The van der Waals surface area contributed by atoms with Crippen LogP contribution in [-0.4, -0.2) is 93.2 Å². The molecule has 2 fully saturated rings. The molecule has 0 radical (unpaired) electrons. The van der Waals surface area contributed by atoms with E-state index >= 15 is 0 Å². The molecule has 0 unspecified atom stereocenters. The van der Waals surface area contributed by atoms with Gasteiger partial charge in [-0.25, -0.2) is 8.42 Å². The highest BCUT2D eigenvalue weighted by Crippen LogP contribution is 2.49. The van der Waals surface area contributed by atoms with Gasteiger partial charge in [0.15, 0.2) is 15.5 Å². The Hall–Kier alpha value is -3.27. The van der Waals surface area contributed by atoms with E-state index in [1.807, 2.05) is 4.90 Å². The molecule has 1 aromatic carbocycles. The van der Waals surface area contributed by atoms with Gasteiger partial charge < -0.3 is 15.3 Å². The Morgan fingerprint density at radius 1 is 1.26 bits per heavy atom. The molecule has 208 valence electrons. The molecule has 3 aliphatic rings. The summed E-state index contributed by atoms with van der Waals surface area (Å²) >= 11 is 0. The van der Waals surface area contributed by atoms with E-state index in [0.29, 0.717) is 62.3 Å². The molecule has 2 aromatic rings. The summed E-state index contributed by atoms with van der Waals surface area (Å²) in [5.74, 6) is -0.709. The van der Waals surface area contributed by atoms with Crippen LogP contribution in [-0.2, 0) is 29.9 Å². The Bertz CT molecular complexity index is 1450. The first-order valence-corrected chi connectivity index (χ1v) is 14.6. The summed E-state index contributed by atoms with van der Waals surface area (Å²) in [6.45, 7) is 5.43. The minimum atomic E-state index is -3.59. The topological polar surface area (TPSA) is 149 Å². The Labute approximate surface area is 228 Å². The second kappa shape index (κ2) is 9.73. The average Bonchev–Trinajstić information content (AvgIpc) is 3.59. The lowest BCUT2D eigenvalue weighted by Crippen LogP contribution is -2.59. The Balaban J connectivity index is 1.28. The van der Waals surface area contributed by atoms with Crippen LogP contribution < -0.4 is 5.32 Å². The number of rotatable bonds is 9. The predicted molar refractivity (Wildman–Crippen MR) is 143 cm³/mol. The van der Waals surface area contributed by atoms with Crippen LogP contribution in [0.15, 0.2) is 24.3 Å². The van der Waals surface area contributed by atoms with Crippen LogP contribution in [0.2, 0.25) is 0 Å². The first-order valence-electron chi connectivity index (χ1n) is 13.1. The van der Waals surface area contributed by atoms with Gasteiger partial charge in [-0.3, -0.25) is 19.2 Å². The van der Waals surface area contributed by atoms with Gasteiger partial charge in [-0.1, -0.05) is 12.1 Å². The Morgan fingerprint density at radius 3 is 2.51 bits per heavy atom. The first-order chi connectivity index (χ1) is 18.4. The third-order valence-electron chi connectivity index (χ3n) is 8.14. The van der Waals surface area contributed by atoms with Crippen molar-refractivity contribution in [2.24, 2.45) is 7.05 Å². The average molecular weight is 555 g/mol. The number of carbonyl (C=O) groups excluding carboxylic acids is 2. The second-order valence-electron chi connectivity index (χ2n) is 11.6. The highest BCUT2D eigenvalue weighted by molar-refractivity contribution is 7.94. The molecular formula is C27H34N6O5S. The number of aromatic nitrogens is 2. The zero-order chi connectivity index (χ0) is 28.2. The fourth-order valence-electron chi connectivity index (χ4n) is 5.75. The molecule has 0 spiro atoms. The molecule has 1 saturated carbocycles. The zero-order valence-corrected chi connectivity index (χ0v) is 23.3. The molecule has 11 nitrogen and oxygen atoms in total. The lowest BCUT2D eigenvalue weighted by molar-refractivity contribution is -0.00193. The van der Waals surface area contributed by atoms with E-state index < -0.39 is 31.3 Å². The summed E-state index contributed by atoms with van der Waals surface area (Å²) in [5.41, 5.74) is 2.44. The van der Waals surface area contributed by atoms with Crippen LogP contribution in [0.1, 0.15) is 64.4 Å². The van der Waals surface area contributed by atoms with E-state index in [2.05, 4.69) is 16.5 Å². The number of nitriles is 1. The van der Waals surface area contributed by atoms with Crippen LogP contribution >= 0.6 is 0 Å². The van der Waals surface area contributed by atoms with Crippen LogP contribution in [0.25, 0.3) is 0 Å². The summed E-state index contributed by atoms with van der Waals surface area (Å²) in [6.07, 6.45) is 1.01. The van der Waals surface area contributed by atoms with Crippen molar-refractivity contribution in [2.75, 3.05) is 32.7 Å². The lowest BCUT2D eigenvalue weighted by atomic mass is 10.0. The number of carbonyl (C=O) groups is 2. The van der Waals surface area contributed by atoms with Gasteiger partial charge in [0.05, 0.1) is 27.2 Å². The van der Waals surface area contributed by atoms with Gasteiger partial charge in [-0.05, 0) is 50.8 Å². The van der Waals surface area contributed by atoms with Gasteiger partial charge in [0, 0.05) is 51.9 Å². The minimum absolute atomic E-state index is 0.116. The molecule has 39 heavy (non-hydrogen) atoms. The van der Waals surface area contributed by atoms with E-state index in [1.54, 1.807) is 50.1 Å². The minimum Gasteiger partial charge on any atom is -0.390 e. The quantitative estimate of drug-likeness (QED) is 0.458. The van der Waals surface area contributed by atoms with E-state index in [0.717, 1.165) is 5.56 Å². The normalized spacial score (nSPS) is 19.3. The number of β-amino-alcohol motifs (C(OH)–C–C–N with tert-alkyl or cyclic N) is 1. The van der Waals surface area contributed by atoms with Crippen molar-refractivity contribution in [1.29, 1.82) is 5.26 Å². The van der Waals surface area contributed by atoms with Crippen molar-refractivity contribution in [3.8, 4) is 6.07 Å². The third kappa shape index (κ3) is 4.83. The predicted octanol–water partition coefficient (Wildman–Crippen LogP) is 0.623. The number of nitrogens with zero attached hydrogens (tertiary/aromatic N) is 5. The summed E-state index contributed by atoms with van der Waals surface area (Å²) in [7, 11) is -1.98. The molecular weight excluding hydrogens is 520 g/mol. The van der Waals surface area contributed by atoms with Crippen LogP contribution in [0, 0.1) is 11.3 Å². The number of aliphatic hydroxyl groups excluding tert-OH is 1. The number of likely N-dealkylation sites (tertiary alicyclic amines) is 1. The van der Waals surface area contributed by atoms with E-state index in [-0.39, 0.29) is 24.7 Å². The number of benzene rings is 1. The molecule has 3 heterocycles. The van der Waals surface area contributed by atoms with Crippen LogP contribution in [0.4, 0.5) is 0 Å². The fourth-order valence-corrected chi connectivity index (χ4v) is 8.24. The van der Waals surface area contributed by atoms with Crippen LogP contribution in [0.5, 0.6) is 0 Å². The maximum Gasteiger partial charge on any atom is 0.272 e. The maximum absolute atomic E-state index is 13.8. The molecule has 5 rings (SSSR count). The molecule has 2 N–H and O–H groups in total. The summed E-state index contributed by atoms with van der Waals surface area (Å²) < 4.78 is 27.0. The molecule has 0 atom stereocenters. The van der Waals surface area contributed by atoms with Crippen molar-refractivity contribution >= 4 is 21.7 Å². The van der Waals surface area contributed by atoms with Crippen molar-refractivity contribution in [3.63, 3.8) is 0 Å². The molecule has 1 aliphatic carbocycles. The number of fused-ring (bicyclic) bond motifs is 1. The van der Waals surface area contributed by atoms with Crippen molar-refractivity contribution in [2.45, 2.75) is 55.3 Å². The monoisotopic (exact) mass is 554 g/mol. The first kappa shape index (κ1) is 27.3. The van der Waals surface area contributed by atoms with E-state index in [9.17, 15) is 23.1 Å². The van der Waals surface area contributed by atoms with Crippen molar-refractivity contribution in [3.05, 3.63) is 52.3 Å². The number of hydrogen-bond acceptors (Lipinski definition) is 8. The number of aryl methyl sites for hydroxylation is 1. The van der Waals surface area contributed by atoms with Gasteiger partial charge in [-0.15, -0.1) is 0 Å². The van der Waals surface area contributed by atoms with Gasteiger partial charge in [0.2, 0.25) is 0 Å². The molecule has 12 heteroatoms. The van der Waals surface area contributed by atoms with Gasteiger partial charge >= 0.3 is 0 Å². The summed E-state index contributed by atoms with van der Waals surface area (Å²) in [4.78, 5) is 30.0. The van der Waals surface area contributed by atoms with Gasteiger partial charge in [0.25, 0.3) is 11.8 Å². The molecule has 2 aliphatic heterocycles. The zero-order valence-electron chi connectivity index (χ0n) is 22.5. The molecule has 1 aromatic heterocycles. The number of aliphatic hydroxyl groups is 1. The van der Waals surface area contributed by atoms with Crippen molar-refractivity contribution in [1.82, 2.24) is 24.9 Å². The standard InChI is InChI=1S/C27H34N6O5S/c1-26(2,16-32-14-20(34)15-32)39(37,38)27(9-10-27)17-33-11-8-21-22(30-31(3)23(21)25(33)36)24(35)29-13-19-6-4-18(12-28)5-7-19/h4-7,20,34H,8-11,13-17H2,1-3H3,(H,29,35). The molecule has 2 amide bonds. The molecule has 0 bridgehead atoms. The number of sulfone groups is 1. The highest BCUT2D eigenvalue weighted by Gasteiger charge is 2.61. The van der Waals surface area contributed by atoms with E-state index in [1.165, 1.54) is 4.68 Å². The number of nitrogens with one attached hydrogen (secondary N) is 1. The molecule has 1 saturated heterocycles. The Morgan fingerprint density at radius 2 is 1.92 bits per heavy atom. The fraction of sp³-hybridized carbons (Fsp3) is 0.556. The third-order valence-corrected chi connectivity index (χ3v) is 11.4. The second-order valence-corrected chi connectivity index (χ2v) is 14.5. The van der Waals surface area contributed by atoms with Crippen molar-refractivity contribution < 1.29 is 23.1 Å². The smallest absolute Gasteiger partial charge is 0.272 e. The number of amides is 2. The van der Waals surface area contributed by atoms with Crippen LogP contribution in [0.3, 0.4) is 0 Å². The summed E-state index contributed by atoms with van der Waals surface area (Å²) in [6, 6.07) is 8.96. The van der Waals surface area contributed by atoms with E-state index in [4.69, 9.17) is 5.26 Å². The van der Waals surface area contributed by atoms with Gasteiger partial charge in [-0.2, -0.15) is 10.4 Å². The Kier molecular flexibility index (Phi) is 6.81. The maximum atomic E-state index is 13.8. The SMILES string of the molecule is Cn1nc(C(=O)NCc2ccc(C#N)cc2)c2c1C(=O)N(CC1(S(=O)(=O)C(C)(C)CN3CC(O)C3)CC1)CC2.